The minimum atomic E-state index is 0.0314. The molecule has 2 nitrogen and oxygen atoms in total. The average Bonchev–Trinajstić information content (AvgIpc) is 3.83. The molecule has 0 saturated heterocycles. The molecule has 8 aromatic carbocycles. The van der Waals surface area contributed by atoms with Crippen molar-refractivity contribution in [3.8, 4) is 50.2 Å². The molecule has 3 aliphatic rings. The number of hydrogen-bond donors (Lipinski definition) is 0. The summed E-state index contributed by atoms with van der Waals surface area (Å²) in [6.45, 7) is 0. The summed E-state index contributed by atoms with van der Waals surface area (Å²) in [5.74, 6) is 0. The molecule has 0 bridgehead atoms. The van der Waals surface area contributed by atoms with Gasteiger partial charge in [-0.2, -0.15) is 0 Å². The number of para-hydroxylation sites is 2. The zero-order valence-corrected chi connectivity index (χ0v) is 35.0. The molecule has 1 saturated carbocycles. The van der Waals surface area contributed by atoms with Crippen molar-refractivity contribution in [3.63, 3.8) is 0 Å². The summed E-state index contributed by atoms with van der Waals surface area (Å²) in [6.07, 6.45) is 13.0. The SMILES string of the molecule is C1=Cc2c(n(-c3ccccc3)c3cccc(N(c4ccccc4-c4ccccc4-c4ccccc4-c4ccccc4)c4cccc5c4-c4ccccc4C54CCCCC4)c23)CC1. The summed E-state index contributed by atoms with van der Waals surface area (Å²) in [7, 11) is 0. The van der Waals surface area contributed by atoms with Gasteiger partial charge in [-0.15, -0.1) is 0 Å². The molecule has 9 aromatic rings. The fraction of sp³-hybridized carbons (Fsp3) is 0.133. The number of benzene rings is 8. The second kappa shape index (κ2) is 15.1. The van der Waals surface area contributed by atoms with Crippen molar-refractivity contribution in [1.82, 2.24) is 4.57 Å². The zero-order valence-electron chi connectivity index (χ0n) is 35.0. The van der Waals surface area contributed by atoms with Crippen molar-refractivity contribution in [2.45, 2.75) is 50.4 Å². The van der Waals surface area contributed by atoms with E-state index in [1.807, 2.05) is 0 Å². The van der Waals surface area contributed by atoms with E-state index in [1.54, 1.807) is 0 Å². The van der Waals surface area contributed by atoms with Crippen molar-refractivity contribution >= 4 is 34.0 Å². The number of nitrogens with zero attached hydrogens (tertiary/aromatic N) is 2. The molecule has 0 amide bonds. The quantitative estimate of drug-likeness (QED) is 0.156. The summed E-state index contributed by atoms with van der Waals surface area (Å²) >= 11 is 0. The lowest BCUT2D eigenvalue weighted by atomic mass is 9.68. The first kappa shape index (κ1) is 36.7. The Bertz CT molecular complexity index is 3160. The van der Waals surface area contributed by atoms with E-state index in [2.05, 4.69) is 216 Å². The largest absolute Gasteiger partial charge is 0.313 e. The van der Waals surface area contributed by atoms with Crippen LogP contribution in [0.1, 0.15) is 60.9 Å². The normalized spacial score (nSPS) is 14.7. The highest BCUT2D eigenvalue weighted by molar-refractivity contribution is 6.09. The number of hydrogen-bond acceptors (Lipinski definition) is 1. The summed E-state index contributed by atoms with van der Waals surface area (Å²) in [5.41, 5.74) is 21.9. The molecule has 62 heavy (non-hydrogen) atoms. The number of rotatable bonds is 7. The van der Waals surface area contributed by atoms with Gasteiger partial charge in [-0.1, -0.05) is 189 Å². The molecular formula is C60H48N2. The van der Waals surface area contributed by atoms with Crippen LogP contribution >= 0.6 is 0 Å². The maximum Gasteiger partial charge on any atom is 0.0562 e. The Morgan fingerprint density at radius 2 is 1.00 bits per heavy atom. The average molecular weight is 797 g/mol. The molecule has 0 radical (unpaired) electrons. The van der Waals surface area contributed by atoms with Crippen LogP contribution in [0.2, 0.25) is 0 Å². The van der Waals surface area contributed by atoms with Gasteiger partial charge >= 0.3 is 0 Å². The van der Waals surface area contributed by atoms with E-state index in [0.29, 0.717) is 0 Å². The molecule has 3 aliphatic carbocycles. The highest BCUT2D eigenvalue weighted by atomic mass is 15.2. The summed E-state index contributed by atoms with van der Waals surface area (Å²) in [6, 6.07) is 72.4. The lowest BCUT2D eigenvalue weighted by Gasteiger charge is -2.36. The van der Waals surface area contributed by atoms with Gasteiger partial charge in [0.1, 0.15) is 0 Å². The predicted octanol–water partition coefficient (Wildman–Crippen LogP) is 16.3. The van der Waals surface area contributed by atoms with Crippen molar-refractivity contribution < 1.29 is 0 Å². The highest BCUT2D eigenvalue weighted by Gasteiger charge is 2.45. The molecule has 0 aliphatic heterocycles. The summed E-state index contributed by atoms with van der Waals surface area (Å²) in [4.78, 5) is 2.65. The predicted molar refractivity (Wildman–Crippen MR) is 261 cm³/mol. The van der Waals surface area contributed by atoms with Gasteiger partial charge in [0.05, 0.1) is 22.6 Å². The molecular weight excluding hydrogens is 749 g/mol. The Labute approximate surface area is 365 Å². The first-order valence-corrected chi connectivity index (χ1v) is 22.6. The second-order valence-corrected chi connectivity index (χ2v) is 17.3. The van der Waals surface area contributed by atoms with Crippen LogP contribution in [-0.2, 0) is 11.8 Å². The third-order valence-electron chi connectivity index (χ3n) is 14.1. The van der Waals surface area contributed by atoms with E-state index >= 15 is 0 Å². The van der Waals surface area contributed by atoms with E-state index in [0.717, 1.165) is 12.8 Å². The Kier molecular flexibility index (Phi) is 8.92. The van der Waals surface area contributed by atoms with Crippen LogP contribution in [0.25, 0.3) is 67.2 Å². The lowest BCUT2D eigenvalue weighted by molar-refractivity contribution is 0.353. The molecule has 1 spiro atoms. The van der Waals surface area contributed by atoms with Gasteiger partial charge in [0.2, 0.25) is 0 Å². The van der Waals surface area contributed by atoms with Crippen molar-refractivity contribution in [2.75, 3.05) is 4.90 Å². The van der Waals surface area contributed by atoms with Crippen LogP contribution in [-0.4, -0.2) is 4.57 Å². The van der Waals surface area contributed by atoms with E-state index in [-0.39, 0.29) is 5.41 Å². The van der Waals surface area contributed by atoms with E-state index in [4.69, 9.17) is 0 Å². The lowest BCUT2D eigenvalue weighted by Crippen LogP contribution is -2.28. The van der Waals surface area contributed by atoms with Crippen molar-refractivity contribution in [3.05, 3.63) is 223 Å². The van der Waals surface area contributed by atoms with Crippen LogP contribution in [0.15, 0.2) is 200 Å². The van der Waals surface area contributed by atoms with Crippen LogP contribution in [0.4, 0.5) is 17.1 Å². The highest BCUT2D eigenvalue weighted by Crippen LogP contribution is 2.60. The van der Waals surface area contributed by atoms with Crippen molar-refractivity contribution in [2.24, 2.45) is 0 Å². The zero-order chi connectivity index (χ0) is 41.0. The van der Waals surface area contributed by atoms with Crippen LogP contribution in [0.5, 0.6) is 0 Å². The monoisotopic (exact) mass is 796 g/mol. The molecule has 0 atom stereocenters. The summed E-state index contributed by atoms with van der Waals surface area (Å²) in [5, 5.41) is 1.29. The Balaban J connectivity index is 1.17. The third kappa shape index (κ3) is 5.70. The van der Waals surface area contributed by atoms with Crippen LogP contribution in [0.3, 0.4) is 0 Å². The molecule has 0 N–H and O–H groups in total. The van der Waals surface area contributed by atoms with Gasteiger partial charge < -0.3 is 9.47 Å². The van der Waals surface area contributed by atoms with Gasteiger partial charge in [0.15, 0.2) is 0 Å². The molecule has 0 unspecified atom stereocenters. The molecule has 1 fully saturated rings. The van der Waals surface area contributed by atoms with Gasteiger partial charge in [-0.3, -0.25) is 0 Å². The number of anilines is 3. The number of allylic oxidation sites excluding steroid dienone is 1. The third-order valence-corrected chi connectivity index (χ3v) is 14.1. The minimum absolute atomic E-state index is 0.0314. The van der Waals surface area contributed by atoms with Gasteiger partial charge in [0.25, 0.3) is 0 Å². The Hall–Kier alpha value is -7.16. The molecule has 2 heteroatoms. The smallest absolute Gasteiger partial charge is 0.0562 e. The van der Waals surface area contributed by atoms with E-state index < -0.39 is 0 Å². The fourth-order valence-electron chi connectivity index (χ4n) is 11.5. The van der Waals surface area contributed by atoms with Gasteiger partial charge in [-0.05, 0) is 107 Å². The molecule has 298 valence electrons. The second-order valence-electron chi connectivity index (χ2n) is 17.3. The Morgan fingerprint density at radius 1 is 0.435 bits per heavy atom. The Morgan fingerprint density at radius 3 is 1.77 bits per heavy atom. The summed E-state index contributed by atoms with van der Waals surface area (Å²) < 4.78 is 2.53. The van der Waals surface area contributed by atoms with Crippen LogP contribution in [0, 0.1) is 0 Å². The topological polar surface area (TPSA) is 8.17 Å². The van der Waals surface area contributed by atoms with E-state index in [1.165, 1.54) is 133 Å². The standard InChI is InChI=1S/C60H48N2/c1-4-22-42(23-5-1)44-26-8-9-27-45(44)46-28-10-11-29-47(46)48-30-13-16-35-53(48)62(55-37-20-34-52-58(55)49-31-12-15-33-51(49)60(52)40-18-3-19-41-60)57-39-21-38-56-59(57)50-32-14-17-36-54(50)61(56)43-24-6-2-7-25-43/h1-2,4-16,20-35,37-39H,3,17-19,36,40-41H2. The van der Waals surface area contributed by atoms with E-state index in [9.17, 15) is 0 Å². The van der Waals surface area contributed by atoms with Crippen molar-refractivity contribution in [1.29, 1.82) is 0 Å². The maximum absolute atomic E-state index is 2.65. The molecule has 12 rings (SSSR count). The first-order valence-electron chi connectivity index (χ1n) is 22.6. The first-order chi connectivity index (χ1) is 30.8. The molecule has 1 aromatic heterocycles. The fourth-order valence-corrected chi connectivity index (χ4v) is 11.5. The maximum atomic E-state index is 2.65. The van der Waals surface area contributed by atoms with Gasteiger partial charge in [-0.25, -0.2) is 0 Å². The van der Waals surface area contributed by atoms with Crippen LogP contribution < -0.4 is 4.90 Å². The molecule has 1 heterocycles. The number of fused-ring (bicyclic) bond motifs is 8. The number of aromatic nitrogens is 1. The van der Waals surface area contributed by atoms with Gasteiger partial charge in [0, 0.05) is 38.9 Å². The minimum Gasteiger partial charge on any atom is -0.313 e.